The minimum atomic E-state index is -0.409. The van der Waals surface area contributed by atoms with E-state index in [2.05, 4.69) is 20.2 Å². The number of hydrogen-bond acceptors (Lipinski definition) is 5. The molecule has 0 saturated carbocycles. The van der Waals surface area contributed by atoms with Gasteiger partial charge in [-0.1, -0.05) is 25.1 Å². The maximum Gasteiger partial charge on any atom is 0.236 e. The number of nitrogens with one attached hydrogen (secondary N) is 2. The largest absolute Gasteiger partial charge is 0.508 e. The van der Waals surface area contributed by atoms with Gasteiger partial charge in [0.15, 0.2) is 11.6 Å². The molecule has 0 unspecified atom stereocenters. The molecule has 1 aliphatic heterocycles. The Balaban J connectivity index is 1.48. The highest BCUT2D eigenvalue weighted by Crippen LogP contribution is 2.35. The van der Waals surface area contributed by atoms with Gasteiger partial charge >= 0.3 is 0 Å². The molecular formula is C24H23FN6O2. The van der Waals surface area contributed by atoms with Crippen molar-refractivity contribution in [3.8, 4) is 28.4 Å². The van der Waals surface area contributed by atoms with Crippen LogP contribution in [0.15, 0.2) is 42.6 Å². The van der Waals surface area contributed by atoms with E-state index in [1.54, 1.807) is 35.4 Å². The monoisotopic (exact) mass is 446 g/mol. The van der Waals surface area contributed by atoms with Gasteiger partial charge in [0.05, 0.1) is 12.2 Å². The highest BCUT2D eigenvalue weighted by atomic mass is 19.1. The number of nitrogens with zero attached hydrogens (tertiary/aromatic N) is 3. The molecule has 8 nitrogen and oxygen atoms in total. The fourth-order valence-electron chi connectivity index (χ4n) is 4.25. The molecule has 1 aliphatic rings. The molecular weight excluding hydrogens is 423 g/mol. The Hall–Kier alpha value is -3.98. The Morgan fingerprint density at radius 2 is 2.09 bits per heavy atom. The summed E-state index contributed by atoms with van der Waals surface area (Å²) in [5, 5.41) is 17.5. The van der Waals surface area contributed by atoms with E-state index >= 15 is 4.39 Å². The highest BCUT2D eigenvalue weighted by molar-refractivity contribution is 5.95. The molecule has 33 heavy (non-hydrogen) atoms. The van der Waals surface area contributed by atoms with E-state index < -0.39 is 5.82 Å². The van der Waals surface area contributed by atoms with Gasteiger partial charge in [-0.2, -0.15) is 5.10 Å². The van der Waals surface area contributed by atoms with Gasteiger partial charge in [0.2, 0.25) is 5.91 Å². The number of amides is 1. The van der Waals surface area contributed by atoms with Gasteiger partial charge in [-0.3, -0.25) is 9.89 Å². The second-order valence-electron chi connectivity index (χ2n) is 7.96. The third-order valence-corrected chi connectivity index (χ3v) is 6.01. The molecule has 5 N–H and O–H groups in total. The topological polar surface area (TPSA) is 124 Å². The molecule has 1 amide bonds. The number of H-pyrrole nitrogens is 2. The Morgan fingerprint density at radius 3 is 2.88 bits per heavy atom. The third-order valence-electron chi connectivity index (χ3n) is 6.01. The standard InChI is InChI=1S/C24H23FN6O2/c1-2-13-9-15(32)3-4-16(13)17-5-6-18-22(21(17)25)29-30-23(18)24-27-11-19(28-24)14-7-8-31(12-14)20(33)10-26/h3-7,9,11,32H,2,8,10,12,26H2,1H3,(H,27,28)(H,29,30). The molecule has 9 heteroatoms. The minimum absolute atomic E-state index is 0.0242. The van der Waals surface area contributed by atoms with E-state index in [1.807, 2.05) is 19.1 Å². The molecule has 0 spiro atoms. The number of phenols is 1. The predicted molar refractivity (Wildman–Crippen MR) is 124 cm³/mol. The summed E-state index contributed by atoms with van der Waals surface area (Å²) in [5.74, 6) is 0.142. The van der Waals surface area contributed by atoms with Crippen molar-refractivity contribution in [1.82, 2.24) is 25.1 Å². The first kappa shape index (κ1) is 20.9. The molecule has 2 aromatic carbocycles. The molecule has 5 rings (SSSR count). The number of imidazole rings is 1. The van der Waals surface area contributed by atoms with Gasteiger partial charge in [0.25, 0.3) is 0 Å². The predicted octanol–water partition coefficient (Wildman–Crippen LogP) is 3.21. The number of aromatic hydroxyl groups is 1. The smallest absolute Gasteiger partial charge is 0.236 e. The third kappa shape index (κ3) is 3.56. The number of carbonyl (C=O) groups excluding carboxylic acids is 1. The van der Waals surface area contributed by atoms with Crippen molar-refractivity contribution < 1.29 is 14.3 Å². The van der Waals surface area contributed by atoms with Crippen LogP contribution in [0, 0.1) is 5.82 Å². The van der Waals surface area contributed by atoms with Crippen molar-refractivity contribution in [3.05, 3.63) is 59.7 Å². The van der Waals surface area contributed by atoms with Crippen molar-refractivity contribution in [1.29, 1.82) is 0 Å². The molecule has 4 aromatic rings. The number of nitrogens with two attached hydrogens (primary N) is 1. The van der Waals surface area contributed by atoms with Crippen LogP contribution >= 0.6 is 0 Å². The fraction of sp³-hybridized carbons (Fsp3) is 0.208. The number of benzene rings is 2. The lowest BCUT2D eigenvalue weighted by molar-refractivity contribution is -0.128. The average molecular weight is 446 g/mol. The molecule has 0 radical (unpaired) electrons. The van der Waals surface area contributed by atoms with Crippen LogP contribution in [0.25, 0.3) is 39.1 Å². The normalized spacial score (nSPS) is 13.7. The van der Waals surface area contributed by atoms with E-state index in [0.717, 1.165) is 16.7 Å². The molecule has 0 fully saturated rings. The second-order valence-corrected chi connectivity index (χ2v) is 7.96. The lowest BCUT2D eigenvalue weighted by atomic mass is 9.96. The second kappa shape index (κ2) is 8.18. The number of aryl methyl sites for hydroxylation is 1. The van der Waals surface area contributed by atoms with Crippen LogP contribution in [0.3, 0.4) is 0 Å². The summed E-state index contributed by atoms with van der Waals surface area (Å²) in [7, 11) is 0. The highest BCUT2D eigenvalue weighted by Gasteiger charge is 2.23. The van der Waals surface area contributed by atoms with Crippen molar-refractivity contribution in [3.63, 3.8) is 0 Å². The van der Waals surface area contributed by atoms with Crippen LogP contribution in [0.4, 0.5) is 4.39 Å². The number of phenolic OH excluding ortho intramolecular Hbond substituents is 1. The molecule has 168 valence electrons. The van der Waals surface area contributed by atoms with Crippen molar-refractivity contribution in [2.75, 3.05) is 19.6 Å². The van der Waals surface area contributed by atoms with E-state index in [9.17, 15) is 9.90 Å². The Kier molecular flexibility index (Phi) is 5.18. The Morgan fingerprint density at radius 1 is 1.27 bits per heavy atom. The van der Waals surface area contributed by atoms with Gasteiger partial charge in [-0.05, 0) is 41.3 Å². The maximum atomic E-state index is 15.5. The van der Waals surface area contributed by atoms with Crippen LogP contribution in [-0.2, 0) is 11.2 Å². The van der Waals surface area contributed by atoms with E-state index in [1.165, 1.54) is 0 Å². The lowest BCUT2D eigenvalue weighted by Crippen LogP contribution is -2.34. The number of hydrogen-bond donors (Lipinski definition) is 4. The first-order chi connectivity index (χ1) is 16.0. The SMILES string of the molecule is CCc1cc(O)ccc1-c1ccc2c(-c3nc(C4=CCN(C(=O)CN)C4)c[nH]3)n[nH]c2c1F. The van der Waals surface area contributed by atoms with E-state index in [0.29, 0.717) is 47.7 Å². The van der Waals surface area contributed by atoms with Crippen molar-refractivity contribution in [2.24, 2.45) is 5.73 Å². The van der Waals surface area contributed by atoms with E-state index in [-0.39, 0.29) is 23.7 Å². The number of aromatic nitrogens is 4. The summed E-state index contributed by atoms with van der Waals surface area (Å²) in [6, 6.07) is 8.48. The summed E-state index contributed by atoms with van der Waals surface area (Å²) in [6.07, 6.45) is 4.37. The summed E-state index contributed by atoms with van der Waals surface area (Å²) in [4.78, 5) is 21.2. The Labute approximate surface area is 188 Å². The van der Waals surface area contributed by atoms with Crippen LogP contribution in [0.1, 0.15) is 18.2 Å². The zero-order valence-corrected chi connectivity index (χ0v) is 18.0. The van der Waals surface area contributed by atoms with Crippen LogP contribution < -0.4 is 5.73 Å². The summed E-state index contributed by atoms with van der Waals surface area (Å²) in [6.45, 7) is 2.89. The summed E-state index contributed by atoms with van der Waals surface area (Å²) < 4.78 is 15.5. The lowest BCUT2D eigenvalue weighted by Gasteiger charge is -2.14. The number of carbonyl (C=O) groups is 1. The molecule has 0 aliphatic carbocycles. The van der Waals surface area contributed by atoms with Crippen molar-refractivity contribution >= 4 is 22.4 Å². The maximum absolute atomic E-state index is 15.5. The number of fused-ring (bicyclic) bond motifs is 1. The summed E-state index contributed by atoms with van der Waals surface area (Å²) >= 11 is 0. The van der Waals surface area contributed by atoms with Gasteiger partial charge in [0.1, 0.15) is 17.0 Å². The quantitative estimate of drug-likeness (QED) is 0.375. The van der Waals surface area contributed by atoms with Crippen LogP contribution in [0.2, 0.25) is 0 Å². The van der Waals surface area contributed by atoms with E-state index in [4.69, 9.17) is 5.73 Å². The molecule has 3 heterocycles. The molecule has 2 aromatic heterocycles. The number of rotatable bonds is 5. The fourth-order valence-corrected chi connectivity index (χ4v) is 4.25. The summed E-state index contributed by atoms with van der Waals surface area (Å²) in [5.41, 5.74) is 9.91. The van der Waals surface area contributed by atoms with Gasteiger partial charge in [0, 0.05) is 30.2 Å². The van der Waals surface area contributed by atoms with Crippen LogP contribution in [0.5, 0.6) is 5.75 Å². The Bertz CT molecular complexity index is 1400. The van der Waals surface area contributed by atoms with Crippen LogP contribution in [-0.4, -0.2) is 55.7 Å². The first-order valence-corrected chi connectivity index (χ1v) is 10.7. The van der Waals surface area contributed by atoms with Gasteiger partial charge in [-0.15, -0.1) is 0 Å². The molecule has 0 bridgehead atoms. The van der Waals surface area contributed by atoms with Gasteiger partial charge < -0.3 is 20.7 Å². The number of aromatic amines is 2. The molecule has 0 saturated heterocycles. The van der Waals surface area contributed by atoms with Crippen molar-refractivity contribution in [2.45, 2.75) is 13.3 Å². The average Bonchev–Trinajstić information content (AvgIpc) is 3.57. The molecule has 0 atom stereocenters. The van der Waals surface area contributed by atoms with Gasteiger partial charge in [-0.25, -0.2) is 9.37 Å². The zero-order chi connectivity index (χ0) is 23.1. The number of halogens is 1. The first-order valence-electron chi connectivity index (χ1n) is 10.7. The minimum Gasteiger partial charge on any atom is -0.508 e. The zero-order valence-electron chi connectivity index (χ0n) is 18.0.